The van der Waals surface area contributed by atoms with Crippen LogP contribution in [-0.2, 0) is 0 Å². The molecule has 3 aromatic heterocycles. The zero-order valence-electron chi connectivity index (χ0n) is 9.87. The van der Waals surface area contributed by atoms with Gasteiger partial charge in [-0.15, -0.1) is 0 Å². The molecule has 0 unspecified atom stereocenters. The molecule has 0 saturated carbocycles. The van der Waals surface area contributed by atoms with Crippen LogP contribution in [-0.4, -0.2) is 20.3 Å². The highest BCUT2D eigenvalue weighted by atomic mass is 16.1. The fourth-order valence-corrected chi connectivity index (χ4v) is 2.01. The quantitative estimate of drug-likeness (QED) is 0.644. The van der Waals surface area contributed by atoms with Crippen LogP contribution in [0.5, 0.6) is 0 Å². The molecule has 0 aliphatic rings. The lowest BCUT2D eigenvalue weighted by molar-refractivity contribution is 0.101. The Kier molecular flexibility index (Phi) is 2.41. The molecule has 0 aromatic carbocycles. The molecule has 0 saturated heterocycles. The van der Waals surface area contributed by atoms with Crippen molar-refractivity contribution in [3.8, 4) is 5.82 Å². The van der Waals surface area contributed by atoms with Gasteiger partial charge in [0.25, 0.3) is 0 Å². The van der Waals surface area contributed by atoms with Crippen LogP contribution in [0.4, 0.5) is 0 Å². The second kappa shape index (κ2) is 4.07. The van der Waals surface area contributed by atoms with E-state index in [1.165, 1.54) is 0 Å². The summed E-state index contributed by atoms with van der Waals surface area (Å²) in [6, 6.07) is 9.38. The molecule has 18 heavy (non-hydrogen) atoms. The molecular formula is C14H11N3O. The van der Waals surface area contributed by atoms with Crippen molar-refractivity contribution in [2.75, 3.05) is 0 Å². The summed E-state index contributed by atoms with van der Waals surface area (Å²) < 4.78 is 1.84. The van der Waals surface area contributed by atoms with E-state index in [1.54, 1.807) is 25.5 Å². The summed E-state index contributed by atoms with van der Waals surface area (Å²) in [5.41, 5.74) is 1.42. The van der Waals surface area contributed by atoms with Crippen molar-refractivity contribution < 1.29 is 4.79 Å². The van der Waals surface area contributed by atoms with Crippen LogP contribution in [0.1, 0.15) is 17.3 Å². The van der Waals surface area contributed by atoms with Gasteiger partial charge in [0, 0.05) is 29.5 Å². The van der Waals surface area contributed by atoms with Crippen LogP contribution in [0.2, 0.25) is 0 Å². The number of aromatic nitrogens is 3. The minimum atomic E-state index is 0.0303. The summed E-state index contributed by atoms with van der Waals surface area (Å²) in [7, 11) is 0. The predicted molar refractivity (Wildman–Crippen MR) is 68.9 cm³/mol. The summed E-state index contributed by atoms with van der Waals surface area (Å²) in [6.45, 7) is 1.56. The maximum Gasteiger partial charge on any atom is 0.162 e. The van der Waals surface area contributed by atoms with Crippen LogP contribution < -0.4 is 0 Å². The molecule has 3 aromatic rings. The van der Waals surface area contributed by atoms with E-state index in [0.29, 0.717) is 5.56 Å². The van der Waals surface area contributed by atoms with E-state index < -0.39 is 0 Å². The fourth-order valence-electron chi connectivity index (χ4n) is 2.01. The number of Topliss-reactive ketones (excluding diaryl/α,β-unsaturated/α-hetero) is 1. The van der Waals surface area contributed by atoms with Crippen LogP contribution in [0, 0.1) is 0 Å². The summed E-state index contributed by atoms with van der Waals surface area (Å²) in [5, 5.41) is 0.857. The lowest BCUT2D eigenvalue weighted by Crippen LogP contribution is -1.96. The summed E-state index contributed by atoms with van der Waals surface area (Å²) in [4.78, 5) is 20.3. The average Bonchev–Trinajstić information content (AvgIpc) is 2.79. The molecule has 0 radical (unpaired) electrons. The number of carbonyl (C=O) groups is 1. The van der Waals surface area contributed by atoms with Gasteiger partial charge >= 0.3 is 0 Å². The smallest absolute Gasteiger partial charge is 0.162 e. The molecule has 4 heteroatoms. The van der Waals surface area contributed by atoms with Gasteiger partial charge in [0.15, 0.2) is 5.78 Å². The minimum Gasteiger partial charge on any atom is -0.294 e. The van der Waals surface area contributed by atoms with E-state index in [9.17, 15) is 4.79 Å². The normalized spacial score (nSPS) is 10.7. The number of hydrogen-bond donors (Lipinski definition) is 0. The Morgan fingerprint density at radius 3 is 2.67 bits per heavy atom. The fraction of sp³-hybridized carbons (Fsp3) is 0.0714. The van der Waals surface area contributed by atoms with Crippen molar-refractivity contribution in [3.63, 3.8) is 0 Å². The third-order valence-corrected chi connectivity index (χ3v) is 2.84. The number of rotatable bonds is 2. The molecule has 0 N–H and O–H groups in total. The van der Waals surface area contributed by atoms with E-state index in [1.807, 2.05) is 34.9 Å². The van der Waals surface area contributed by atoms with Gasteiger partial charge in [-0.25, -0.2) is 9.97 Å². The molecule has 0 aliphatic carbocycles. The molecule has 3 heterocycles. The van der Waals surface area contributed by atoms with Crippen LogP contribution >= 0.6 is 0 Å². The van der Waals surface area contributed by atoms with Crippen LogP contribution in [0.25, 0.3) is 16.9 Å². The van der Waals surface area contributed by atoms with Crippen molar-refractivity contribution >= 4 is 16.8 Å². The first-order chi connectivity index (χ1) is 8.77. The molecule has 0 aliphatic heterocycles. The molecule has 4 nitrogen and oxygen atoms in total. The number of carbonyl (C=O) groups excluding carboxylic acids is 1. The molecular weight excluding hydrogens is 226 g/mol. The first-order valence-corrected chi connectivity index (χ1v) is 5.66. The van der Waals surface area contributed by atoms with Crippen LogP contribution in [0.3, 0.4) is 0 Å². The number of nitrogens with zero attached hydrogens (tertiary/aromatic N) is 3. The SMILES string of the molecule is CC(=O)c1cn(-c2ccccn2)c2ncccc12. The maximum atomic E-state index is 11.6. The summed E-state index contributed by atoms with van der Waals surface area (Å²) >= 11 is 0. The van der Waals surface area contributed by atoms with Crippen molar-refractivity contribution in [3.05, 3.63) is 54.5 Å². The Balaban J connectivity index is 2.34. The lowest BCUT2D eigenvalue weighted by atomic mass is 10.2. The van der Waals surface area contributed by atoms with Crippen LogP contribution in [0.15, 0.2) is 48.9 Å². The summed E-state index contributed by atoms with van der Waals surface area (Å²) in [5.74, 6) is 0.788. The van der Waals surface area contributed by atoms with Gasteiger partial charge in [-0.1, -0.05) is 6.07 Å². The van der Waals surface area contributed by atoms with E-state index >= 15 is 0 Å². The van der Waals surface area contributed by atoms with Crippen molar-refractivity contribution in [2.24, 2.45) is 0 Å². The van der Waals surface area contributed by atoms with Gasteiger partial charge in [-0.05, 0) is 31.2 Å². The Labute approximate surface area is 104 Å². The van der Waals surface area contributed by atoms with Gasteiger partial charge in [-0.2, -0.15) is 0 Å². The van der Waals surface area contributed by atoms with E-state index in [0.717, 1.165) is 16.9 Å². The van der Waals surface area contributed by atoms with E-state index in [-0.39, 0.29) is 5.78 Å². The molecule has 0 fully saturated rings. The van der Waals surface area contributed by atoms with Crippen molar-refractivity contribution in [1.82, 2.24) is 14.5 Å². The Bertz CT molecular complexity index is 716. The average molecular weight is 237 g/mol. The summed E-state index contributed by atoms with van der Waals surface area (Å²) in [6.07, 6.45) is 5.23. The largest absolute Gasteiger partial charge is 0.294 e. The van der Waals surface area contributed by atoms with Crippen molar-refractivity contribution in [2.45, 2.75) is 6.92 Å². The molecule has 0 bridgehead atoms. The van der Waals surface area contributed by atoms with Gasteiger partial charge in [0.2, 0.25) is 0 Å². The molecule has 3 rings (SSSR count). The maximum absolute atomic E-state index is 11.6. The van der Waals surface area contributed by atoms with Gasteiger partial charge in [0.1, 0.15) is 11.5 Å². The highest BCUT2D eigenvalue weighted by Crippen LogP contribution is 2.22. The standard InChI is InChI=1S/C14H11N3O/c1-10(18)12-9-17(13-6-2-3-7-15-13)14-11(12)5-4-8-16-14/h2-9H,1H3. The number of ketones is 1. The number of fused-ring (bicyclic) bond motifs is 1. The van der Waals surface area contributed by atoms with Gasteiger partial charge in [-0.3, -0.25) is 9.36 Å². The number of hydrogen-bond acceptors (Lipinski definition) is 3. The Morgan fingerprint density at radius 2 is 1.94 bits per heavy atom. The topological polar surface area (TPSA) is 47.8 Å². The predicted octanol–water partition coefficient (Wildman–Crippen LogP) is 2.62. The second-order valence-electron chi connectivity index (χ2n) is 4.03. The molecule has 88 valence electrons. The van der Waals surface area contributed by atoms with Gasteiger partial charge in [0.05, 0.1) is 0 Å². The first-order valence-electron chi connectivity index (χ1n) is 5.66. The Morgan fingerprint density at radius 1 is 1.11 bits per heavy atom. The zero-order valence-corrected chi connectivity index (χ0v) is 9.87. The second-order valence-corrected chi connectivity index (χ2v) is 4.03. The molecule has 0 atom stereocenters. The molecule has 0 amide bonds. The van der Waals surface area contributed by atoms with Gasteiger partial charge < -0.3 is 0 Å². The third kappa shape index (κ3) is 1.59. The Hall–Kier alpha value is -2.49. The number of pyridine rings is 2. The third-order valence-electron chi connectivity index (χ3n) is 2.84. The lowest BCUT2D eigenvalue weighted by Gasteiger charge is -2.01. The van der Waals surface area contributed by atoms with E-state index in [2.05, 4.69) is 9.97 Å². The highest BCUT2D eigenvalue weighted by molar-refractivity contribution is 6.06. The first kappa shape index (κ1) is 10.7. The van der Waals surface area contributed by atoms with Crippen molar-refractivity contribution in [1.29, 1.82) is 0 Å². The zero-order chi connectivity index (χ0) is 12.5. The monoisotopic (exact) mass is 237 g/mol. The highest BCUT2D eigenvalue weighted by Gasteiger charge is 2.13. The molecule has 0 spiro atoms. The minimum absolute atomic E-state index is 0.0303. The van der Waals surface area contributed by atoms with E-state index in [4.69, 9.17) is 0 Å².